The van der Waals surface area contributed by atoms with E-state index in [0.717, 1.165) is 19.3 Å². The van der Waals surface area contributed by atoms with Gasteiger partial charge in [-0.15, -0.1) is 12.4 Å². The zero-order valence-electron chi connectivity index (χ0n) is 12.5. The van der Waals surface area contributed by atoms with Crippen molar-refractivity contribution in [3.05, 3.63) is 35.4 Å². The zero-order chi connectivity index (χ0) is 14.0. The maximum absolute atomic E-state index is 12.1. The molecule has 1 amide bonds. The molecule has 1 aromatic carbocycles. The first-order chi connectivity index (χ1) is 8.88. The number of hydrogen-bond donors (Lipinski definition) is 2. The molecule has 20 heavy (non-hydrogen) atoms. The standard InChI is InChI=1S/C16H24N2O.ClH/c1-16(2,3)14(17)15(19)18-13-9-8-11-6-4-5-7-12(11)10-13;/h4-7,13-14H,8-10,17H2,1-3H3,(H,18,19);1H/t13?,14-;/m1./s1. The highest BCUT2D eigenvalue weighted by Crippen LogP contribution is 2.22. The van der Waals surface area contributed by atoms with E-state index >= 15 is 0 Å². The summed E-state index contributed by atoms with van der Waals surface area (Å²) in [5, 5.41) is 3.10. The normalized spacial score (nSPS) is 19.5. The van der Waals surface area contributed by atoms with Gasteiger partial charge in [0.1, 0.15) is 0 Å². The van der Waals surface area contributed by atoms with Gasteiger partial charge >= 0.3 is 0 Å². The Hall–Kier alpha value is -1.06. The van der Waals surface area contributed by atoms with Gasteiger partial charge in [0.25, 0.3) is 0 Å². The minimum atomic E-state index is -0.454. The topological polar surface area (TPSA) is 55.1 Å². The average molecular weight is 297 g/mol. The maximum Gasteiger partial charge on any atom is 0.237 e. The summed E-state index contributed by atoms with van der Waals surface area (Å²) in [6.07, 6.45) is 2.95. The van der Waals surface area contributed by atoms with Crippen LogP contribution < -0.4 is 11.1 Å². The highest BCUT2D eigenvalue weighted by atomic mass is 35.5. The number of halogens is 1. The van der Waals surface area contributed by atoms with E-state index in [4.69, 9.17) is 5.73 Å². The second kappa shape index (κ2) is 6.59. The van der Waals surface area contributed by atoms with E-state index in [1.807, 2.05) is 20.8 Å². The molecule has 0 radical (unpaired) electrons. The van der Waals surface area contributed by atoms with E-state index in [1.54, 1.807) is 0 Å². The van der Waals surface area contributed by atoms with Crippen LogP contribution in [0, 0.1) is 5.41 Å². The molecule has 0 aliphatic heterocycles. The molecule has 3 N–H and O–H groups in total. The van der Waals surface area contributed by atoms with Crippen LogP contribution in [0.5, 0.6) is 0 Å². The van der Waals surface area contributed by atoms with Crippen molar-refractivity contribution >= 4 is 18.3 Å². The van der Waals surface area contributed by atoms with Crippen molar-refractivity contribution in [2.45, 2.75) is 52.1 Å². The number of carbonyl (C=O) groups is 1. The largest absolute Gasteiger partial charge is 0.352 e. The number of amides is 1. The third-order valence-electron chi connectivity index (χ3n) is 3.91. The van der Waals surface area contributed by atoms with Gasteiger partial charge in [-0.2, -0.15) is 0 Å². The smallest absolute Gasteiger partial charge is 0.237 e. The SMILES string of the molecule is CC(C)(C)[C@H](N)C(=O)NC1CCc2ccccc2C1.Cl. The first-order valence-corrected chi connectivity index (χ1v) is 7.00. The van der Waals surface area contributed by atoms with Crippen LogP contribution in [0.25, 0.3) is 0 Å². The van der Waals surface area contributed by atoms with Crippen LogP contribution in [0.4, 0.5) is 0 Å². The first-order valence-electron chi connectivity index (χ1n) is 7.00. The third-order valence-corrected chi connectivity index (χ3v) is 3.91. The fraction of sp³-hybridized carbons (Fsp3) is 0.562. The van der Waals surface area contributed by atoms with E-state index in [2.05, 4.69) is 29.6 Å². The number of aryl methyl sites for hydroxylation is 1. The molecular weight excluding hydrogens is 272 g/mol. The van der Waals surface area contributed by atoms with Crippen LogP contribution in [-0.4, -0.2) is 18.0 Å². The Bertz CT molecular complexity index is 468. The second-order valence-electron chi connectivity index (χ2n) is 6.56. The van der Waals surface area contributed by atoms with Crippen molar-refractivity contribution in [2.24, 2.45) is 11.1 Å². The molecule has 4 heteroatoms. The molecule has 1 aliphatic carbocycles. The van der Waals surface area contributed by atoms with Gasteiger partial charge in [0, 0.05) is 6.04 Å². The summed E-state index contributed by atoms with van der Waals surface area (Å²) in [6.45, 7) is 5.98. The Balaban J connectivity index is 0.00000200. The van der Waals surface area contributed by atoms with Gasteiger partial charge in [0.2, 0.25) is 5.91 Å². The minimum absolute atomic E-state index is 0. The first kappa shape index (κ1) is 17.0. The zero-order valence-corrected chi connectivity index (χ0v) is 13.3. The molecule has 0 fully saturated rings. The second-order valence-corrected chi connectivity index (χ2v) is 6.56. The molecule has 112 valence electrons. The Morgan fingerprint density at radius 1 is 1.30 bits per heavy atom. The summed E-state index contributed by atoms with van der Waals surface area (Å²) in [6, 6.07) is 8.23. The summed E-state index contributed by atoms with van der Waals surface area (Å²) in [4.78, 5) is 12.1. The number of hydrogen-bond acceptors (Lipinski definition) is 2. The van der Waals surface area contributed by atoms with Crippen molar-refractivity contribution in [2.75, 3.05) is 0 Å². The van der Waals surface area contributed by atoms with E-state index in [9.17, 15) is 4.79 Å². The molecule has 1 unspecified atom stereocenters. The van der Waals surface area contributed by atoms with Gasteiger partial charge in [-0.1, -0.05) is 45.0 Å². The molecule has 0 heterocycles. The van der Waals surface area contributed by atoms with Crippen LogP contribution in [0.15, 0.2) is 24.3 Å². The molecule has 0 bridgehead atoms. The summed E-state index contributed by atoms with van der Waals surface area (Å²) in [5.74, 6) is -0.0307. The highest BCUT2D eigenvalue weighted by Gasteiger charge is 2.29. The predicted molar refractivity (Wildman–Crippen MR) is 85.1 cm³/mol. The fourth-order valence-corrected chi connectivity index (χ4v) is 2.51. The molecule has 3 nitrogen and oxygen atoms in total. The molecule has 2 rings (SSSR count). The lowest BCUT2D eigenvalue weighted by atomic mass is 9.85. The summed E-state index contributed by atoms with van der Waals surface area (Å²) < 4.78 is 0. The van der Waals surface area contributed by atoms with Gasteiger partial charge in [0.15, 0.2) is 0 Å². The summed E-state index contributed by atoms with van der Waals surface area (Å²) in [5.41, 5.74) is 8.56. The van der Waals surface area contributed by atoms with Gasteiger partial charge < -0.3 is 11.1 Å². The number of carbonyl (C=O) groups excluding carboxylic acids is 1. The van der Waals surface area contributed by atoms with Gasteiger partial charge in [-0.05, 0) is 35.8 Å². The van der Waals surface area contributed by atoms with Gasteiger partial charge in [-0.25, -0.2) is 0 Å². The van der Waals surface area contributed by atoms with E-state index in [1.165, 1.54) is 11.1 Å². The van der Waals surface area contributed by atoms with Crippen molar-refractivity contribution in [1.29, 1.82) is 0 Å². The number of nitrogens with one attached hydrogen (secondary N) is 1. The van der Waals surface area contributed by atoms with E-state index < -0.39 is 6.04 Å². The van der Waals surface area contributed by atoms with E-state index in [-0.39, 0.29) is 29.8 Å². The van der Waals surface area contributed by atoms with Crippen molar-refractivity contribution in [1.82, 2.24) is 5.32 Å². The number of rotatable bonds is 2. The monoisotopic (exact) mass is 296 g/mol. The summed E-state index contributed by atoms with van der Waals surface area (Å²) >= 11 is 0. The molecule has 1 aliphatic rings. The van der Waals surface area contributed by atoms with Crippen molar-refractivity contribution in [3.63, 3.8) is 0 Å². The minimum Gasteiger partial charge on any atom is -0.352 e. The molecular formula is C16H25ClN2O. The van der Waals surface area contributed by atoms with Crippen LogP contribution in [-0.2, 0) is 17.6 Å². The lowest BCUT2D eigenvalue weighted by Crippen LogP contribution is -2.52. The van der Waals surface area contributed by atoms with Gasteiger partial charge in [0.05, 0.1) is 6.04 Å². The molecule has 0 saturated heterocycles. The quantitative estimate of drug-likeness (QED) is 0.881. The Morgan fingerprint density at radius 3 is 2.50 bits per heavy atom. The molecule has 0 aromatic heterocycles. The number of nitrogens with two attached hydrogens (primary N) is 1. The molecule has 0 saturated carbocycles. The fourth-order valence-electron chi connectivity index (χ4n) is 2.51. The number of fused-ring (bicyclic) bond motifs is 1. The van der Waals surface area contributed by atoms with Gasteiger partial charge in [-0.3, -0.25) is 4.79 Å². The molecule has 2 atom stereocenters. The Labute approximate surface area is 127 Å². The molecule has 0 spiro atoms. The van der Waals surface area contributed by atoms with E-state index in [0.29, 0.717) is 0 Å². The van der Waals surface area contributed by atoms with Crippen LogP contribution >= 0.6 is 12.4 Å². The third kappa shape index (κ3) is 3.97. The van der Waals surface area contributed by atoms with Crippen LogP contribution in [0.3, 0.4) is 0 Å². The lowest BCUT2D eigenvalue weighted by molar-refractivity contribution is -0.125. The van der Waals surface area contributed by atoms with Crippen molar-refractivity contribution in [3.8, 4) is 0 Å². The molecule has 1 aromatic rings. The predicted octanol–water partition coefficient (Wildman–Crippen LogP) is 2.46. The van der Waals surface area contributed by atoms with Crippen molar-refractivity contribution < 1.29 is 4.79 Å². The highest BCUT2D eigenvalue weighted by molar-refractivity contribution is 5.85. The Kier molecular flexibility index (Phi) is 5.60. The average Bonchev–Trinajstić information content (AvgIpc) is 2.36. The maximum atomic E-state index is 12.1. The summed E-state index contributed by atoms with van der Waals surface area (Å²) in [7, 11) is 0. The van der Waals surface area contributed by atoms with Crippen LogP contribution in [0.1, 0.15) is 38.3 Å². The number of benzene rings is 1. The van der Waals surface area contributed by atoms with Crippen LogP contribution in [0.2, 0.25) is 0 Å². The Morgan fingerprint density at radius 2 is 1.90 bits per heavy atom. The lowest BCUT2D eigenvalue weighted by Gasteiger charge is -2.30.